The van der Waals surface area contributed by atoms with Crippen molar-refractivity contribution < 1.29 is 9.59 Å². The smallest absolute Gasteiger partial charge is 0.251 e. The number of aryl methyl sites for hydroxylation is 1. The van der Waals surface area contributed by atoms with Crippen LogP contribution in [0.5, 0.6) is 0 Å². The predicted molar refractivity (Wildman–Crippen MR) is 109 cm³/mol. The Bertz CT molecular complexity index is 624. The molecule has 0 saturated carbocycles. The van der Waals surface area contributed by atoms with Crippen LogP contribution in [0.4, 0.5) is 0 Å². The maximum atomic E-state index is 12.6. The number of carbonyl (C=O) groups is 2. The van der Waals surface area contributed by atoms with Crippen molar-refractivity contribution in [1.82, 2.24) is 20.4 Å². The van der Waals surface area contributed by atoms with Crippen molar-refractivity contribution in [1.29, 1.82) is 0 Å². The lowest BCUT2D eigenvalue weighted by Crippen LogP contribution is -2.50. The van der Waals surface area contributed by atoms with Gasteiger partial charge >= 0.3 is 0 Å². The van der Waals surface area contributed by atoms with Crippen molar-refractivity contribution in [3.63, 3.8) is 0 Å². The summed E-state index contributed by atoms with van der Waals surface area (Å²) in [5.41, 5.74) is 1.61. The van der Waals surface area contributed by atoms with Crippen molar-refractivity contribution in [3.05, 3.63) is 35.4 Å². The van der Waals surface area contributed by atoms with Crippen molar-refractivity contribution >= 4 is 11.8 Å². The van der Waals surface area contributed by atoms with E-state index in [0.29, 0.717) is 12.1 Å². The molecule has 1 unspecified atom stereocenters. The highest BCUT2D eigenvalue weighted by Crippen LogP contribution is 2.07. The summed E-state index contributed by atoms with van der Waals surface area (Å²) in [7, 11) is 2.15. The minimum Gasteiger partial charge on any atom is -0.354 e. The van der Waals surface area contributed by atoms with Crippen LogP contribution < -0.4 is 10.6 Å². The molecule has 1 atom stereocenters. The zero-order valence-corrected chi connectivity index (χ0v) is 17.1. The molecule has 27 heavy (non-hydrogen) atoms. The molecule has 2 N–H and O–H groups in total. The summed E-state index contributed by atoms with van der Waals surface area (Å²) in [6.07, 6.45) is 0.923. The molecule has 1 saturated heterocycles. The van der Waals surface area contributed by atoms with Crippen molar-refractivity contribution in [2.24, 2.45) is 5.92 Å². The van der Waals surface area contributed by atoms with Gasteiger partial charge in [0.2, 0.25) is 5.91 Å². The van der Waals surface area contributed by atoms with Gasteiger partial charge < -0.3 is 20.4 Å². The summed E-state index contributed by atoms with van der Waals surface area (Å²) in [5, 5.41) is 5.88. The van der Waals surface area contributed by atoms with Crippen molar-refractivity contribution in [2.45, 2.75) is 33.2 Å². The normalized spacial score (nSPS) is 16.9. The van der Waals surface area contributed by atoms with Gasteiger partial charge in [0.25, 0.3) is 5.91 Å². The average molecular weight is 375 g/mol. The highest BCUT2D eigenvalue weighted by Gasteiger charge is 2.24. The van der Waals surface area contributed by atoms with E-state index in [1.54, 1.807) is 6.07 Å². The fourth-order valence-corrected chi connectivity index (χ4v) is 3.24. The Morgan fingerprint density at radius 3 is 2.48 bits per heavy atom. The van der Waals surface area contributed by atoms with E-state index in [2.05, 4.69) is 27.5 Å². The number of rotatable bonds is 8. The van der Waals surface area contributed by atoms with Crippen LogP contribution in [-0.4, -0.2) is 74.0 Å². The molecule has 2 amide bonds. The average Bonchev–Trinajstić information content (AvgIpc) is 2.64. The van der Waals surface area contributed by atoms with E-state index in [-0.39, 0.29) is 17.7 Å². The number of nitrogens with zero attached hydrogens (tertiary/aromatic N) is 2. The molecule has 1 aromatic carbocycles. The Balaban J connectivity index is 1.78. The van der Waals surface area contributed by atoms with Crippen LogP contribution in [0.2, 0.25) is 0 Å². The second-order valence-electron chi connectivity index (χ2n) is 7.85. The molecule has 0 radical (unpaired) electrons. The largest absolute Gasteiger partial charge is 0.354 e. The number of likely N-dealkylation sites (N-methyl/N-ethyl adjacent to an activating group) is 1. The predicted octanol–water partition coefficient (Wildman–Crippen LogP) is 1.50. The molecule has 1 aliphatic heterocycles. The van der Waals surface area contributed by atoms with Gasteiger partial charge in [-0.25, -0.2) is 0 Å². The topological polar surface area (TPSA) is 64.7 Å². The summed E-state index contributed by atoms with van der Waals surface area (Å²) in [5.74, 6) is -0.286. The number of hydrogen-bond acceptors (Lipinski definition) is 4. The number of benzene rings is 1. The van der Waals surface area contributed by atoms with Gasteiger partial charge in [-0.3, -0.25) is 9.59 Å². The lowest BCUT2D eigenvalue weighted by molar-refractivity contribution is -0.123. The fourth-order valence-electron chi connectivity index (χ4n) is 3.24. The molecule has 1 aliphatic rings. The second-order valence-corrected chi connectivity index (χ2v) is 7.85. The Morgan fingerprint density at radius 1 is 1.15 bits per heavy atom. The van der Waals surface area contributed by atoms with Crippen molar-refractivity contribution in [2.75, 3.05) is 46.3 Å². The van der Waals surface area contributed by atoms with Crippen molar-refractivity contribution in [3.8, 4) is 0 Å². The van der Waals surface area contributed by atoms with Gasteiger partial charge in [0.05, 0.1) is 0 Å². The molecule has 6 heteroatoms. The van der Waals surface area contributed by atoms with Gasteiger partial charge in [0, 0.05) is 38.3 Å². The van der Waals surface area contributed by atoms with Crippen LogP contribution in [0, 0.1) is 12.8 Å². The third kappa shape index (κ3) is 6.96. The quantitative estimate of drug-likeness (QED) is 0.677. The first kappa shape index (κ1) is 21.4. The van der Waals surface area contributed by atoms with E-state index in [1.807, 2.05) is 39.0 Å². The Morgan fingerprint density at radius 2 is 1.85 bits per heavy atom. The Labute approximate surface area is 163 Å². The van der Waals surface area contributed by atoms with E-state index in [0.717, 1.165) is 44.7 Å². The lowest BCUT2D eigenvalue weighted by atomic mass is 10.0. The van der Waals surface area contributed by atoms with Crippen LogP contribution in [0.15, 0.2) is 24.3 Å². The SMILES string of the molecule is Cc1cccc(C(=O)NC(C(=O)NCCCN2CCN(C)CC2)C(C)C)c1. The van der Waals surface area contributed by atoms with E-state index >= 15 is 0 Å². The fraction of sp³-hybridized carbons (Fsp3) is 0.619. The summed E-state index contributed by atoms with van der Waals surface area (Å²) in [6.45, 7) is 11.9. The Kier molecular flexibility index (Phi) is 8.25. The molecular weight excluding hydrogens is 340 g/mol. The highest BCUT2D eigenvalue weighted by atomic mass is 16.2. The number of hydrogen-bond donors (Lipinski definition) is 2. The lowest BCUT2D eigenvalue weighted by Gasteiger charge is -2.32. The first-order valence-electron chi connectivity index (χ1n) is 9.93. The number of piperazine rings is 1. The summed E-state index contributed by atoms with van der Waals surface area (Å²) < 4.78 is 0. The van der Waals surface area contributed by atoms with Gasteiger partial charge in [-0.2, -0.15) is 0 Å². The molecule has 1 aromatic rings. The maximum absolute atomic E-state index is 12.6. The number of carbonyl (C=O) groups excluding carboxylic acids is 2. The third-order valence-electron chi connectivity index (χ3n) is 5.06. The highest BCUT2D eigenvalue weighted by molar-refractivity contribution is 5.97. The molecule has 1 fully saturated rings. The first-order valence-corrected chi connectivity index (χ1v) is 9.93. The van der Waals surface area contributed by atoms with Gasteiger partial charge in [0.15, 0.2) is 0 Å². The summed E-state index contributed by atoms with van der Waals surface area (Å²) in [4.78, 5) is 29.8. The third-order valence-corrected chi connectivity index (χ3v) is 5.06. The van der Waals surface area contributed by atoms with Crippen LogP contribution in [0.1, 0.15) is 36.2 Å². The van der Waals surface area contributed by atoms with Crippen LogP contribution in [-0.2, 0) is 4.79 Å². The van der Waals surface area contributed by atoms with Crippen LogP contribution in [0.25, 0.3) is 0 Å². The molecule has 6 nitrogen and oxygen atoms in total. The number of nitrogens with one attached hydrogen (secondary N) is 2. The van der Waals surface area contributed by atoms with E-state index in [1.165, 1.54) is 0 Å². The summed E-state index contributed by atoms with van der Waals surface area (Å²) >= 11 is 0. The molecular formula is C21H34N4O2. The monoisotopic (exact) mass is 374 g/mol. The molecule has 0 spiro atoms. The van der Waals surface area contributed by atoms with E-state index in [9.17, 15) is 9.59 Å². The van der Waals surface area contributed by atoms with Gasteiger partial charge in [-0.05, 0) is 45.0 Å². The molecule has 0 aliphatic carbocycles. The van der Waals surface area contributed by atoms with Gasteiger partial charge in [-0.15, -0.1) is 0 Å². The zero-order chi connectivity index (χ0) is 19.8. The Hall–Kier alpha value is -1.92. The zero-order valence-electron chi connectivity index (χ0n) is 17.1. The van der Waals surface area contributed by atoms with Crippen LogP contribution in [0.3, 0.4) is 0 Å². The van der Waals surface area contributed by atoms with E-state index in [4.69, 9.17) is 0 Å². The molecule has 0 aromatic heterocycles. The minimum atomic E-state index is -0.526. The minimum absolute atomic E-state index is 0.0244. The summed E-state index contributed by atoms with van der Waals surface area (Å²) in [6, 6.07) is 6.88. The molecule has 150 valence electrons. The van der Waals surface area contributed by atoms with Gasteiger partial charge in [0.1, 0.15) is 6.04 Å². The first-order chi connectivity index (χ1) is 12.9. The standard InChI is InChI=1S/C21H34N4O2/c1-16(2)19(23-20(26)18-8-5-7-17(3)15-18)21(27)22-9-6-10-25-13-11-24(4)12-14-25/h5,7-8,15-16,19H,6,9-14H2,1-4H3,(H,22,27)(H,23,26). The second kappa shape index (κ2) is 10.4. The van der Waals surface area contributed by atoms with E-state index < -0.39 is 6.04 Å². The van der Waals surface area contributed by atoms with Gasteiger partial charge in [-0.1, -0.05) is 31.5 Å². The molecule has 0 bridgehead atoms. The molecule has 2 rings (SSSR count). The molecule has 1 heterocycles. The maximum Gasteiger partial charge on any atom is 0.251 e. The van der Waals surface area contributed by atoms with Crippen LogP contribution >= 0.6 is 0 Å². The number of amides is 2.